The molecule has 0 aliphatic rings. The molecule has 0 radical (unpaired) electrons. The van der Waals surface area contributed by atoms with Crippen molar-refractivity contribution < 1.29 is 9.53 Å². The van der Waals surface area contributed by atoms with E-state index in [1.807, 2.05) is 60.7 Å². The van der Waals surface area contributed by atoms with Crippen LogP contribution < -0.4 is 10.1 Å². The zero-order valence-corrected chi connectivity index (χ0v) is 13.3. The molecule has 24 heavy (non-hydrogen) atoms. The summed E-state index contributed by atoms with van der Waals surface area (Å²) >= 11 is 0. The Labute approximate surface area is 140 Å². The second-order valence-electron chi connectivity index (χ2n) is 5.32. The molecule has 6 heteroatoms. The minimum absolute atomic E-state index is 0.151. The lowest BCUT2D eigenvalue weighted by atomic mass is 10.2. The molecule has 2 aromatic carbocycles. The fourth-order valence-corrected chi connectivity index (χ4v) is 2.13. The molecule has 122 valence electrons. The maximum Gasteiger partial charge on any atom is 0.249 e. The number of anilines is 1. The maximum absolute atomic E-state index is 12.3. The Morgan fingerprint density at radius 2 is 1.79 bits per heavy atom. The van der Waals surface area contributed by atoms with Crippen molar-refractivity contribution in [2.24, 2.45) is 0 Å². The summed E-state index contributed by atoms with van der Waals surface area (Å²) in [5.74, 6) is 0.614. The number of hydrogen-bond acceptors (Lipinski definition) is 4. The standard InChI is InChI=1S/C18H18N4O2/c1-14(18(23)19-15-8-4-2-5-9-15)22-12-16(20-21-22)13-24-17-10-6-3-7-11-17/h2-12,14H,13H2,1H3,(H,19,23)/t14-/m1/s1. The molecule has 0 unspecified atom stereocenters. The molecule has 0 saturated carbocycles. The summed E-state index contributed by atoms with van der Waals surface area (Å²) in [5, 5.41) is 10.9. The average Bonchev–Trinajstić information content (AvgIpc) is 3.10. The van der Waals surface area contributed by atoms with E-state index in [-0.39, 0.29) is 5.91 Å². The summed E-state index contributed by atoms with van der Waals surface area (Å²) in [6, 6.07) is 18.3. The van der Waals surface area contributed by atoms with Crippen molar-refractivity contribution in [3.63, 3.8) is 0 Å². The van der Waals surface area contributed by atoms with Gasteiger partial charge in [0.05, 0.1) is 6.20 Å². The molecule has 0 bridgehead atoms. The fourth-order valence-electron chi connectivity index (χ4n) is 2.13. The van der Waals surface area contributed by atoms with E-state index >= 15 is 0 Å². The highest BCUT2D eigenvalue weighted by Crippen LogP contribution is 2.13. The van der Waals surface area contributed by atoms with Crippen molar-refractivity contribution >= 4 is 11.6 Å². The van der Waals surface area contributed by atoms with Crippen molar-refractivity contribution in [3.8, 4) is 5.75 Å². The van der Waals surface area contributed by atoms with Gasteiger partial charge >= 0.3 is 0 Å². The van der Waals surface area contributed by atoms with Gasteiger partial charge in [0.15, 0.2) is 0 Å². The summed E-state index contributed by atoms with van der Waals surface area (Å²) in [4.78, 5) is 12.3. The van der Waals surface area contributed by atoms with Crippen LogP contribution in [0, 0.1) is 0 Å². The lowest BCUT2D eigenvalue weighted by Gasteiger charge is -2.11. The van der Waals surface area contributed by atoms with Gasteiger partial charge in [-0.2, -0.15) is 0 Å². The quantitative estimate of drug-likeness (QED) is 0.757. The number of carbonyl (C=O) groups excluding carboxylic acids is 1. The van der Waals surface area contributed by atoms with Gasteiger partial charge in [-0.25, -0.2) is 4.68 Å². The van der Waals surface area contributed by atoms with Crippen LogP contribution in [-0.2, 0) is 11.4 Å². The smallest absolute Gasteiger partial charge is 0.249 e. The van der Waals surface area contributed by atoms with E-state index in [9.17, 15) is 4.79 Å². The molecular formula is C18H18N4O2. The summed E-state index contributed by atoms with van der Waals surface area (Å²) in [6.07, 6.45) is 1.72. The predicted octanol–water partition coefficient (Wildman–Crippen LogP) is 3.06. The lowest BCUT2D eigenvalue weighted by Crippen LogP contribution is -2.24. The Balaban J connectivity index is 1.59. The first-order valence-corrected chi connectivity index (χ1v) is 7.67. The third kappa shape index (κ3) is 3.98. The van der Waals surface area contributed by atoms with Gasteiger partial charge in [0.25, 0.3) is 0 Å². The minimum atomic E-state index is -0.469. The van der Waals surface area contributed by atoms with Crippen LogP contribution in [0.1, 0.15) is 18.7 Å². The van der Waals surface area contributed by atoms with Crippen LogP contribution in [0.3, 0.4) is 0 Å². The molecule has 6 nitrogen and oxygen atoms in total. The molecule has 0 aliphatic carbocycles. The largest absolute Gasteiger partial charge is 0.487 e. The van der Waals surface area contributed by atoms with Crippen LogP contribution in [0.2, 0.25) is 0 Å². The van der Waals surface area contributed by atoms with Gasteiger partial charge in [0, 0.05) is 5.69 Å². The summed E-state index contributed by atoms with van der Waals surface area (Å²) in [7, 11) is 0. The first-order valence-electron chi connectivity index (χ1n) is 7.67. The molecule has 0 aliphatic heterocycles. The Morgan fingerprint density at radius 3 is 2.50 bits per heavy atom. The monoisotopic (exact) mass is 322 g/mol. The second kappa shape index (κ2) is 7.41. The lowest BCUT2D eigenvalue weighted by molar-refractivity contribution is -0.119. The van der Waals surface area contributed by atoms with Crippen LogP contribution in [-0.4, -0.2) is 20.9 Å². The van der Waals surface area contributed by atoms with E-state index in [2.05, 4.69) is 15.6 Å². The van der Waals surface area contributed by atoms with Crippen molar-refractivity contribution in [2.75, 3.05) is 5.32 Å². The molecule has 3 rings (SSSR count). The number of rotatable bonds is 6. The molecule has 1 heterocycles. The summed E-state index contributed by atoms with van der Waals surface area (Å²) in [5.41, 5.74) is 1.42. The van der Waals surface area contributed by atoms with Gasteiger partial charge in [-0.3, -0.25) is 4.79 Å². The zero-order valence-electron chi connectivity index (χ0n) is 13.3. The van der Waals surface area contributed by atoms with Gasteiger partial charge in [0.2, 0.25) is 5.91 Å². The fraction of sp³-hybridized carbons (Fsp3) is 0.167. The number of benzene rings is 2. The number of aromatic nitrogens is 3. The van der Waals surface area contributed by atoms with E-state index < -0.39 is 6.04 Å². The molecule has 1 atom stereocenters. The topological polar surface area (TPSA) is 69.0 Å². The maximum atomic E-state index is 12.3. The van der Waals surface area contributed by atoms with Gasteiger partial charge in [0.1, 0.15) is 24.1 Å². The number of hydrogen-bond donors (Lipinski definition) is 1. The van der Waals surface area contributed by atoms with E-state index in [0.29, 0.717) is 12.3 Å². The predicted molar refractivity (Wildman–Crippen MR) is 90.6 cm³/mol. The number of carbonyl (C=O) groups is 1. The SMILES string of the molecule is C[C@H](C(=O)Nc1ccccc1)n1cc(COc2ccccc2)nn1. The number of amides is 1. The van der Waals surface area contributed by atoms with Crippen LogP contribution in [0.15, 0.2) is 66.9 Å². The first kappa shape index (κ1) is 15.7. The molecular weight excluding hydrogens is 304 g/mol. The molecule has 0 saturated heterocycles. The Hall–Kier alpha value is -3.15. The Morgan fingerprint density at radius 1 is 1.12 bits per heavy atom. The highest BCUT2D eigenvalue weighted by Gasteiger charge is 2.17. The first-order chi connectivity index (χ1) is 11.7. The van der Waals surface area contributed by atoms with Crippen LogP contribution in [0.25, 0.3) is 0 Å². The van der Waals surface area contributed by atoms with Gasteiger partial charge < -0.3 is 10.1 Å². The van der Waals surface area contributed by atoms with Crippen molar-refractivity contribution in [3.05, 3.63) is 72.6 Å². The van der Waals surface area contributed by atoms with Crippen molar-refractivity contribution in [1.82, 2.24) is 15.0 Å². The number of nitrogens with zero attached hydrogens (tertiary/aromatic N) is 3. The van der Waals surface area contributed by atoms with Crippen LogP contribution in [0.5, 0.6) is 5.75 Å². The van der Waals surface area contributed by atoms with E-state index in [0.717, 1.165) is 11.4 Å². The number of para-hydroxylation sites is 2. The Kier molecular flexibility index (Phi) is 4.86. The average molecular weight is 322 g/mol. The molecule has 3 aromatic rings. The van der Waals surface area contributed by atoms with Gasteiger partial charge in [-0.1, -0.05) is 41.6 Å². The molecule has 0 spiro atoms. The van der Waals surface area contributed by atoms with Gasteiger partial charge in [-0.15, -0.1) is 5.10 Å². The van der Waals surface area contributed by atoms with Crippen LogP contribution >= 0.6 is 0 Å². The second-order valence-corrected chi connectivity index (χ2v) is 5.32. The molecule has 1 amide bonds. The molecule has 0 fully saturated rings. The summed E-state index contributed by atoms with van der Waals surface area (Å²) < 4.78 is 7.15. The number of nitrogens with one attached hydrogen (secondary N) is 1. The van der Waals surface area contributed by atoms with Crippen molar-refractivity contribution in [2.45, 2.75) is 19.6 Å². The number of ether oxygens (including phenoxy) is 1. The highest BCUT2D eigenvalue weighted by atomic mass is 16.5. The Bertz CT molecular complexity index is 787. The van der Waals surface area contributed by atoms with E-state index in [1.165, 1.54) is 4.68 Å². The third-order valence-corrected chi connectivity index (χ3v) is 3.51. The van der Waals surface area contributed by atoms with Gasteiger partial charge in [-0.05, 0) is 31.2 Å². The molecule has 1 N–H and O–H groups in total. The van der Waals surface area contributed by atoms with Crippen molar-refractivity contribution in [1.29, 1.82) is 0 Å². The minimum Gasteiger partial charge on any atom is -0.487 e. The third-order valence-electron chi connectivity index (χ3n) is 3.51. The summed E-state index contributed by atoms with van der Waals surface area (Å²) in [6.45, 7) is 2.08. The molecule has 1 aromatic heterocycles. The van der Waals surface area contributed by atoms with Crippen LogP contribution in [0.4, 0.5) is 5.69 Å². The normalized spacial score (nSPS) is 11.7. The van der Waals surface area contributed by atoms with E-state index in [1.54, 1.807) is 13.1 Å². The highest BCUT2D eigenvalue weighted by molar-refractivity contribution is 5.93. The van der Waals surface area contributed by atoms with E-state index in [4.69, 9.17) is 4.74 Å². The zero-order chi connectivity index (χ0) is 16.8.